The first kappa shape index (κ1) is 19.1. The van der Waals surface area contributed by atoms with Crippen LogP contribution in [-0.4, -0.2) is 45.7 Å². The van der Waals surface area contributed by atoms with Crippen molar-refractivity contribution in [3.63, 3.8) is 0 Å². The lowest BCUT2D eigenvalue weighted by Gasteiger charge is -2.14. The maximum atomic E-state index is 12.0. The van der Waals surface area contributed by atoms with Crippen molar-refractivity contribution < 1.29 is 19.0 Å². The molecule has 1 amide bonds. The second kappa shape index (κ2) is 9.90. The molecule has 3 rings (SSSR count). The maximum Gasteiger partial charge on any atom is 0.407 e. The summed E-state index contributed by atoms with van der Waals surface area (Å²) in [6, 6.07) is 16.5. The molecule has 2 aromatic carbocycles. The number of fused-ring (bicyclic) bond motifs is 3. The minimum Gasteiger partial charge on any atom is -0.449 e. The van der Waals surface area contributed by atoms with E-state index >= 15 is 0 Å². The third-order valence-electron chi connectivity index (χ3n) is 4.47. The Morgan fingerprint density at radius 3 is 2.26 bits per heavy atom. The Morgan fingerprint density at radius 2 is 1.59 bits per heavy atom. The number of benzene rings is 2. The van der Waals surface area contributed by atoms with Gasteiger partial charge in [-0.3, -0.25) is 0 Å². The average molecular weight is 367 g/mol. The highest BCUT2D eigenvalue weighted by atomic mass is 16.5. The van der Waals surface area contributed by atoms with Crippen molar-refractivity contribution in [3.8, 4) is 11.1 Å². The Balaban J connectivity index is 1.42. The highest BCUT2D eigenvalue weighted by Crippen LogP contribution is 2.44. The Hall–Kier alpha value is -2.63. The highest BCUT2D eigenvalue weighted by Gasteiger charge is 2.28. The molecule has 27 heavy (non-hydrogen) atoms. The maximum absolute atomic E-state index is 12.0. The molecule has 0 radical (unpaired) electrons. The smallest absolute Gasteiger partial charge is 0.407 e. The molecule has 1 aliphatic rings. The van der Waals surface area contributed by atoms with Gasteiger partial charge in [-0.05, 0) is 22.3 Å². The number of carbonyl (C=O) groups excluding carboxylic acids is 1. The Kier molecular flexibility index (Phi) is 7.02. The second-order valence-corrected chi connectivity index (χ2v) is 6.23. The Morgan fingerprint density at radius 1 is 0.963 bits per heavy atom. The SMILES string of the molecule is C=CCOCCOCCNC(=O)OCC1c2ccccc2-c2ccccc21. The number of amides is 1. The largest absolute Gasteiger partial charge is 0.449 e. The molecule has 0 atom stereocenters. The van der Waals surface area contributed by atoms with Crippen molar-refractivity contribution >= 4 is 6.09 Å². The van der Waals surface area contributed by atoms with Crippen molar-refractivity contribution in [3.05, 3.63) is 72.3 Å². The van der Waals surface area contributed by atoms with Gasteiger partial charge in [-0.25, -0.2) is 4.79 Å². The quantitative estimate of drug-likeness (QED) is 0.513. The van der Waals surface area contributed by atoms with E-state index in [1.54, 1.807) is 6.08 Å². The standard InChI is InChI=1S/C22H25NO4/c1-2-12-25-14-15-26-13-11-23-22(24)27-16-21-19-9-5-3-7-17(19)18-8-4-6-10-20(18)21/h2-10,21H,1,11-16H2,(H,23,24). The van der Waals surface area contributed by atoms with Gasteiger partial charge in [0, 0.05) is 12.5 Å². The molecule has 0 bridgehead atoms. The molecule has 0 heterocycles. The molecule has 0 fully saturated rings. The number of alkyl carbamates (subject to hydrolysis) is 1. The summed E-state index contributed by atoms with van der Waals surface area (Å²) in [5.74, 6) is 0.0707. The fourth-order valence-electron chi connectivity index (χ4n) is 3.26. The number of rotatable bonds is 10. The normalized spacial score (nSPS) is 12.3. The molecular weight excluding hydrogens is 342 g/mol. The van der Waals surface area contributed by atoms with Gasteiger partial charge in [-0.2, -0.15) is 0 Å². The van der Waals surface area contributed by atoms with Crippen LogP contribution in [0.25, 0.3) is 11.1 Å². The van der Waals surface area contributed by atoms with E-state index in [0.29, 0.717) is 39.6 Å². The third kappa shape index (κ3) is 4.96. The van der Waals surface area contributed by atoms with Gasteiger partial charge >= 0.3 is 6.09 Å². The van der Waals surface area contributed by atoms with Crippen LogP contribution in [0.15, 0.2) is 61.2 Å². The number of ether oxygens (including phenoxy) is 3. The van der Waals surface area contributed by atoms with Gasteiger partial charge in [0.25, 0.3) is 0 Å². The van der Waals surface area contributed by atoms with E-state index in [4.69, 9.17) is 14.2 Å². The first-order valence-corrected chi connectivity index (χ1v) is 9.16. The number of carbonyl (C=O) groups is 1. The Bertz CT molecular complexity index is 729. The van der Waals surface area contributed by atoms with Crippen LogP contribution in [0.1, 0.15) is 17.0 Å². The van der Waals surface area contributed by atoms with Gasteiger partial charge in [0.15, 0.2) is 0 Å². The summed E-state index contributed by atoms with van der Waals surface area (Å²) in [6.07, 6.45) is 1.27. The second-order valence-electron chi connectivity index (χ2n) is 6.23. The number of hydrogen-bond acceptors (Lipinski definition) is 4. The lowest BCUT2D eigenvalue weighted by atomic mass is 9.98. The summed E-state index contributed by atoms with van der Waals surface area (Å²) in [6.45, 7) is 6.22. The fraction of sp³-hybridized carbons (Fsp3) is 0.318. The lowest BCUT2D eigenvalue weighted by molar-refractivity contribution is 0.0588. The summed E-state index contributed by atoms with van der Waals surface area (Å²) in [4.78, 5) is 12.0. The molecule has 0 aliphatic heterocycles. The van der Waals surface area contributed by atoms with Crippen molar-refractivity contribution in [2.75, 3.05) is 39.6 Å². The summed E-state index contributed by atoms with van der Waals surface area (Å²) in [7, 11) is 0. The summed E-state index contributed by atoms with van der Waals surface area (Å²) in [5, 5.41) is 2.71. The van der Waals surface area contributed by atoms with Crippen LogP contribution in [0.4, 0.5) is 4.79 Å². The molecular formula is C22H25NO4. The van der Waals surface area contributed by atoms with E-state index in [2.05, 4.69) is 36.2 Å². The minimum absolute atomic E-state index is 0.0707. The zero-order chi connectivity index (χ0) is 18.9. The van der Waals surface area contributed by atoms with Crippen LogP contribution in [0.3, 0.4) is 0 Å². The molecule has 5 nitrogen and oxygen atoms in total. The van der Waals surface area contributed by atoms with Crippen molar-refractivity contribution in [1.82, 2.24) is 5.32 Å². The van der Waals surface area contributed by atoms with Crippen LogP contribution in [0.5, 0.6) is 0 Å². The van der Waals surface area contributed by atoms with E-state index < -0.39 is 6.09 Å². The van der Waals surface area contributed by atoms with E-state index in [1.165, 1.54) is 22.3 Å². The molecule has 0 saturated carbocycles. The molecule has 0 spiro atoms. The van der Waals surface area contributed by atoms with Crippen molar-refractivity contribution in [2.24, 2.45) is 0 Å². The van der Waals surface area contributed by atoms with Crippen molar-refractivity contribution in [1.29, 1.82) is 0 Å². The minimum atomic E-state index is -0.427. The zero-order valence-electron chi connectivity index (χ0n) is 15.4. The van der Waals surface area contributed by atoms with Gasteiger partial charge in [-0.1, -0.05) is 54.6 Å². The summed E-state index contributed by atoms with van der Waals surface area (Å²) < 4.78 is 16.0. The molecule has 5 heteroatoms. The zero-order valence-corrected chi connectivity index (χ0v) is 15.4. The van der Waals surface area contributed by atoms with E-state index in [1.807, 2.05) is 24.3 Å². The molecule has 0 unspecified atom stereocenters. The van der Waals surface area contributed by atoms with Gasteiger partial charge in [0.1, 0.15) is 6.61 Å². The summed E-state index contributed by atoms with van der Waals surface area (Å²) >= 11 is 0. The number of hydrogen-bond donors (Lipinski definition) is 1. The fourth-order valence-corrected chi connectivity index (χ4v) is 3.26. The van der Waals surface area contributed by atoms with Crippen LogP contribution >= 0.6 is 0 Å². The topological polar surface area (TPSA) is 56.8 Å². The first-order valence-electron chi connectivity index (χ1n) is 9.16. The Labute approximate surface area is 159 Å². The van der Waals surface area contributed by atoms with Gasteiger partial charge in [-0.15, -0.1) is 6.58 Å². The lowest BCUT2D eigenvalue weighted by Crippen LogP contribution is -2.29. The first-order chi connectivity index (χ1) is 13.3. The predicted octanol–water partition coefficient (Wildman–Crippen LogP) is 3.74. The van der Waals surface area contributed by atoms with Crippen LogP contribution in [-0.2, 0) is 14.2 Å². The molecule has 1 N–H and O–H groups in total. The van der Waals surface area contributed by atoms with Gasteiger partial charge in [0.2, 0.25) is 0 Å². The monoisotopic (exact) mass is 367 g/mol. The van der Waals surface area contributed by atoms with Crippen LogP contribution in [0, 0.1) is 0 Å². The molecule has 0 aromatic heterocycles. The van der Waals surface area contributed by atoms with Crippen molar-refractivity contribution in [2.45, 2.75) is 5.92 Å². The third-order valence-corrected chi connectivity index (χ3v) is 4.47. The van der Waals surface area contributed by atoms with E-state index in [-0.39, 0.29) is 5.92 Å². The van der Waals surface area contributed by atoms with E-state index in [0.717, 1.165) is 0 Å². The van der Waals surface area contributed by atoms with Crippen LogP contribution in [0.2, 0.25) is 0 Å². The van der Waals surface area contributed by atoms with Gasteiger partial charge in [0.05, 0.1) is 26.4 Å². The molecule has 2 aromatic rings. The molecule has 0 saturated heterocycles. The van der Waals surface area contributed by atoms with Crippen LogP contribution < -0.4 is 5.32 Å². The summed E-state index contributed by atoms with van der Waals surface area (Å²) in [5.41, 5.74) is 4.84. The number of nitrogens with one attached hydrogen (secondary N) is 1. The average Bonchev–Trinajstić information content (AvgIpc) is 3.02. The van der Waals surface area contributed by atoms with Gasteiger partial charge < -0.3 is 19.5 Å². The van der Waals surface area contributed by atoms with E-state index in [9.17, 15) is 4.79 Å². The highest BCUT2D eigenvalue weighted by molar-refractivity contribution is 5.79. The molecule has 142 valence electrons. The molecule has 1 aliphatic carbocycles. The predicted molar refractivity (Wildman–Crippen MR) is 105 cm³/mol.